The van der Waals surface area contributed by atoms with Gasteiger partial charge in [0.05, 0.1) is 6.61 Å². The Labute approximate surface area is 270 Å². The number of hydrogen-bond donors (Lipinski definition) is 0. The molecule has 2 heteroatoms. The van der Waals surface area contributed by atoms with Gasteiger partial charge in [0.2, 0.25) is 0 Å². The lowest BCUT2D eigenvalue weighted by Crippen LogP contribution is -2.10. The summed E-state index contributed by atoms with van der Waals surface area (Å²) >= 11 is 0. The molecule has 0 saturated heterocycles. The van der Waals surface area contributed by atoms with E-state index in [1.54, 1.807) is 0 Å². The molecule has 2 nitrogen and oxygen atoms in total. The SMILES string of the molecule is C=Cc1ccc(N(c2ccc(C=C)cc2)c2ccc(OCCCCCCCCCCCCCCCCCCCC)cc2)cc1. The number of ether oxygens (including phenoxy) is 1. The number of nitrogens with zero attached hydrogens (tertiary/aromatic N) is 1. The highest BCUT2D eigenvalue weighted by molar-refractivity contribution is 5.77. The molecule has 0 N–H and O–H groups in total. The van der Waals surface area contributed by atoms with Gasteiger partial charge < -0.3 is 9.64 Å². The Hall–Kier alpha value is -3.26. The van der Waals surface area contributed by atoms with Gasteiger partial charge in [0.25, 0.3) is 0 Å². The molecule has 0 aliphatic carbocycles. The topological polar surface area (TPSA) is 12.5 Å². The zero-order valence-corrected chi connectivity index (χ0v) is 27.8. The maximum absolute atomic E-state index is 6.10. The Kier molecular flexibility index (Phi) is 17.8. The zero-order chi connectivity index (χ0) is 31.1. The molecule has 0 radical (unpaired) electrons. The maximum Gasteiger partial charge on any atom is 0.119 e. The summed E-state index contributed by atoms with van der Waals surface area (Å²) in [5.74, 6) is 0.935. The number of rotatable bonds is 25. The molecule has 44 heavy (non-hydrogen) atoms. The van der Waals surface area contributed by atoms with Crippen LogP contribution in [0.5, 0.6) is 5.75 Å². The van der Waals surface area contributed by atoms with Gasteiger partial charge in [0, 0.05) is 17.1 Å². The van der Waals surface area contributed by atoms with E-state index in [0.717, 1.165) is 47.0 Å². The number of benzene rings is 3. The van der Waals surface area contributed by atoms with E-state index in [-0.39, 0.29) is 0 Å². The van der Waals surface area contributed by atoms with E-state index in [2.05, 4.69) is 97.8 Å². The summed E-state index contributed by atoms with van der Waals surface area (Å²) < 4.78 is 6.10. The van der Waals surface area contributed by atoms with E-state index in [9.17, 15) is 0 Å². The van der Waals surface area contributed by atoms with Crippen molar-refractivity contribution in [2.75, 3.05) is 11.5 Å². The molecule has 0 atom stereocenters. The lowest BCUT2D eigenvalue weighted by Gasteiger charge is -2.26. The highest BCUT2D eigenvalue weighted by atomic mass is 16.5. The third-order valence-electron chi connectivity index (χ3n) is 8.64. The monoisotopic (exact) mass is 593 g/mol. The first kappa shape index (κ1) is 35.2. The third-order valence-corrected chi connectivity index (χ3v) is 8.64. The second-order valence-corrected chi connectivity index (χ2v) is 12.3. The molecule has 3 aromatic carbocycles. The van der Waals surface area contributed by atoms with Gasteiger partial charge in [-0.05, 0) is 66.1 Å². The summed E-state index contributed by atoms with van der Waals surface area (Å²) in [7, 11) is 0. The van der Waals surface area contributed by atoms with Crippen molar-refractivity contribution in [2.45, 2.75) is 122 Å². The lowest BCUT2D eigenvalue weighted by atomic mass is 10.0. The van der Waals surface area contributed by atoms with Crippen molar-refractivity contribution in [3.63, 3.8) is 0 Å². The van der Waals surface area contributed by atoms with E-state index in [1.807, 2.05) is 12.2 Å². The van der Waals surface area contributed by atoms with Gasteiger partial charge in [0.15, 0.2) is 0 Å². The molecule has 0 heterocycles. The first-order valence-corrected chi connectivity index (χ1v) is 17.7. The van der Waals surface area contributed by atoms with Gasteiger partial charge in [0.1, 0.15) is 5.75 Å². The Morgan fingerprint density at radius 3 is 1.11 bits per heavy atom. The molecule has 238 valence electrons. The predicted molar refractivity (Wildman–Crippen MR) is 196 cm³/mol. The fourth-order valence-electron chi connectivity index (χ4n) is 5.85. The summed E-state index contributed by atoms with van der Waals surface area (Å²) in [5, 5.41) is 0. The number of hydrogen-bond acceptors (Lipinski definition) is 2. The molecule has 0 fully saturated rings. The molecule has 0 spiro atoms. The van der Waals surface area contributed by atoms with E-state index >= 15 is 0 Å². The fourth-order valence-corrected chi connectivity index (χ4v) is 5.85. The molecule has 0 amide bonds. The van der Waals surface area contributed by atoms with Crippen LogP contribution in [-0.4, -0.2) is 6.61 Å². The van der Waals surface area contributed by atoms with Crippen molar-refractivity contribution < 1.29 is 4.74 Å². The molecule has 0 aliphatic rings. The lowest BCUT2D eigenvalue weighted by molar-refractivity contribution is 0.304. The molecule has 0 bridgehead atoms. The molecular formula is C42H59NO. The molecule has 3 aromatic rings. The van der Waals surface area contributed by atoms with Crippen LogP contribution in [0.3, 0.4) is 0 Å². The summed E-state index contributed by atoms with van der Waals surface area (Å²) in [4.78, 5) is 2.26. The normalized spacial score (nSPS) is 10.9. The summed E-state index contributed by atoms with van der Waals surface area (Å²) in [6.45, 7) is 10.9. The van der Waals surface area contributed by atoms with E-state index in [1.165, 1.54) is 109 Å². The van der Waals surface area contributed by atoms with Gasteiger partial charge in [-0.3, -0.25) is 0 Å². The number of unbranched alkanes of at least 4 members (excludes halogenated alkanes) is 17. The highest BCUT2D eigenvalue weighted by Gasteiger charge is 2.12. The quantitative estimate of drug-likeness (QED) is 0.0906. The standard InChI is InChI=1S/C42H59NO/c1-4-7-8-9-10-11-12-13-14-15-16-17-18-19-20-21-22-23-36-44-42-34-32-41(33-35-42)43(39-28-24-37(5-2)25-29-39)40-30-26-38(6-3)27-31-40/h5-6,24-35H,2-4,7-23,36H2,1H3. The second-order valence-electron chi connectivity index (χ2n) is 12.3. The Morgan fingerprint density at radius 1 is 0.455 bits per heavy atom. The van der Waals surface area contributed by atoms with Crippen molar-refractivity contribution in [2.24, 2.45) is 0 Å². The first-order valence-electron chi connectivity index (χ1n) is 17.7. The van der Waals surface area contributed by atoms with Crippen molar-refractivity contribution in [3.8, 4) is 5.75 Å². The third kappa shape index (κ3) is 13.6. The van der Waals surface area contributed by atoms with Crippen LogP contribution in [0.15, 0.2) is 86.0 Å². The number of anilines is 3. The minimum absolute atomic E-state index is 0.786. The average molecular weight is 594 g/mol. The Balaban J connectivity index is 1.27. The van der Waals surface area contributed by atoms with E-state index in [0.29, 0.717) is 0 Å². The molecule has 3 rings (SSSR count). The van der Waals surface area contributed by atoms with Crippen molar-refractivity contribution >= 4 is 29.2 Å². The van der Waals surface area contributed by atoms with Crippen molar-refractivity contribution in [1.29, 1.82) is 0 Å². The van der Waals surface area contributed by atoms with Crippen molar-refractivity contribution in [1.82, 2.24) is 0 Å². The van der Waals surface area contributed by atoms with Crippen LogP contribution in [0.1, 0.15) is 134 Å². The van der Waals surface area contributed by atoms with E-state index in [4.69, 9.17) is 4.74 Å². The van der Waals surface area contributed by atoms with Gasteiger partial charge in [-0.2, -0.15) is 0 Å². The van der Waals surface area contributed by atoms with E-state index < -0.39 is 0 Å². The zero-order valence-electron chi connectivity index (χ0n) is 27.8. The molecular weight excluding hydrogens is 534 g/mol. The summed E-state index contributed by atoms with van der Waals surface area (Å²) in [6.07, 6.45) is 28.9. The minimum atomic E-state index is 0.786. The smallest absolute Gasteiger partial charge is 0.119 e. The molecule has 0 saturated carbocycles. The molecule has 0 aliphatic heterocycles. The molecule has 0 aromatic heterocycles. The maximum atomic E-state index is 6.10. The predicted octanol–water partition coefficient (Wildman–Crippen LogP) is 13.9. The van der Waals surface area contributed by atoms with Crippen molar-refractivity contribution in [3.05, 3.63) is 97.1 Å². The summed E-state index contributed by atoms with van der Waals surface area (Å²) in [5.41, 5.74) is 5.53. The molecule has 0 unspecified atom stereocenters. The van der Waals surface area contributed by atoms with Crippen LogP contribution >= 0.6 is 0 Å². The van der Waals surface area contributed by atoms with Gasteiger partial charge in [-0.15, -0.1) is 0 Å². The van der Waals surface area contributed by atoms with Crippen LogP contribution in [0.25, 0.3) is 12.2 Å². The summed E-state index contributed by atoms with van der Waals surface area (Å²) in [6, 6.07) is 25.4. The van der Waals surface area contributed by atoms with Crippen LogP contribution < -0.4 is 9.64 Å². The Morgan fingerprint density at radius 2 is 0.773 bits per heavy atom. The Bertz CT molecular complexity index is 1090. The second kappa shape index (κ2) is 22.3. The van der Waals surface area contributed by atoms with Gasteiger partial charge in [-0.25, -0.2) is 0 Å². The van der Waals surface area contributed by atoms with Crippen LogP contribution in [0, 0.1) is 0 Å². The van der Waals surface area contributed by atoms with Gasteiger partial charge in [-0.1, -0.05) is 166 Å². The first-order chi connectivity index (χ1) is 21.7. The van der Waals surface area contributed by atoms with Crippen LogP contribution in [-0.2, 0) is 0 Å². The average Bonchev–Trinajstić information content (AvgIpc) is 3.07. The highest BCUT2D eigenvalue weighted by Crippen LogP contribution is 2.35. The fraction of sp³-hybridized carbons (Fsp3) is 0.476. The largest absolute Gasteiger partial charge is 0.494 e. The van der Waals surface area contributed by atoms with Crippen LogP contribution in [0.4, 0.5) is 17.1 Å². The van der Waals surface area contributed by atoms with Crippen LogP contribution in [0.2, 0.25) is 0 Å². The minimum Gasteiger partial charge on any atom is -0.494 e. The van der Waals surface area contributed by atoms with Gasteiger partial charge >= 0.3 is 0 Å².